The van der Waals surface area contributed by atoms with Crippen LogP contribution in [0, 0.1) is 0 Å². The van der Waals surface area contributed by atoms with Crippen molar-refractivity contribution in [3.8, 4) is 0 Å². The van der Waals surface area contributed by atoms with E-state index in [9.17, 15) is 4.79 Å². The third kappa shape index (κ3) is 0.701. The lowest BCUT2D eigenvalue weighted by molar-refractivity contribution is -0.130. The number of nitrogens with one attached hydrogen (secondary N) is 1. The number of carbonyl (C=O) groups is 1. The second-order valence-electron chi connectivity index (χ2n) is 2.60. The molecule has 1 saturated heterocycles. The van der Waals surface area contributed by atoms with Crippen molar-refractivity contribution in [3.05, 3.63) is 11.9 Å². The topological polar surface area (TPSA) is 32.3 Å². The molecule has 0 saturated carbocycles. The van der Waals surface area contributed by atoms with Gasteiger partial charge in [0.15, 0.2) is 0 Å². The van der Waals surface area contributed by atoms with E-state index in [1.165, 1.54) is 0 Å². The first-order valence-electron chi connectivity index (χ1n) is 3.62. The van der Waals surface area contributed by atoms with Gasteiger partial charge in [-0.3, -0.25) is 9.69 Å². The molecule has 0 spiro atoms. The fourth-order valence-corrected chi connectivity index (χ4v) is 1.42. The van der Waals surface area contributed by atoms with Gasteiger partial charge in [0.1, 0.15) is 5.82 Å². The Labute approximate surface area is 59.7 Å². The van der Waals surface area contributed by atoms with Crippen LogP contribution in [0.5, 0.6) is 0 Å². The van der Waals surface area contributed by atoms with Crippen LogP contribution in [-0.4, -0.2) is 23.9 Å². The Morgan fingerprint density at radius 2 is 2.50 bits per heavy atom. The van der Waals surface area contributed by atoms with Gasteiger partial charge in [-0.25, -0.2) is 0 Å². The van der Waals surface area contributed by atoms with E-state index in [0.29, 0.717) is 6.42 Å². The second kappa shape index (κ2) is 2.01. The summed E-state index contributed by atoms with van der Waals surface area (Å²) in [6.45, 7) is 1.68. The van der Waals surface area contributed by atoms with Crippen LogP contribution < -0.4 is 5.32 Å². The Hall–Kier alpha value is -0.990. The minimum absolute atomic E-state index is 0.266. The maximum Gasteiger partial charge on any atom is 0.229 e. The third-order valence-electron chi connectivity index (χ3n) is 1.93. The summed E-state index contributed by atoms with van der Waals surface area (Å²) in [5.41, 5.74) is 0. The van der Waals surface area contributed by atoms with Crippen LogP contribution in [0.4, 0.5) is 0 Å². The predicted molar refractivity (Wildman–Crippen MR) is 37.0 cm³/mol. The van der Waals surface area contributed by atoms with Gasteiger partial charge in [0.05, 0.1) is 0 Å². The highest BCUT2D eigenvalue weighted by Gasteiger charge is 2.24. The fraction of sp³-hybridized carbons (Fsp3) is 0.571. The van der Waals surface area contributed by atoms with Crippen LogP contribution in [-0.2, 0) is 4.79 Å². The summed E-state index contributed by atoms with van der Waals surface area (Å²) in [7, 11) is 0. The molecule has 1 fully saturated rings. The van der Waals surface area contributed by atoms with E-state index in [1.807, 2.05) is 4.90 Å². The molecule has 0 aliphatic carbocycles. The molecule has 0 unspecified atom stereocenters. The van der Waals surface area contributed by atoms with E-state index >= 15 is 0 Å². The zero-order chi connectivity index (χ0) is 6.97. The van der Waals surface area contributed by atoms with Gasteiger partial charge in [0, 0.05) is 19.5 Å². The van der Waals surface area contributed by atoms with Gasteiger partial charge >= 0.3 is 0 Å². The molecule has 0 atom stereocenters. The first-order valence-corrected chi connectivity index (χ1v) is 3.62. The molecule has 2 aliphatic rings. The standard InChI is InChI=1S/C7H10N2O/c10-7-3-4-8-6-2-1-5-9(6)7/h2,8H,1,3-5H2. The quantitative estimate of drug-likeness (QED) is 0.513. The predicted octanol–water partition coefficient (Wildman–Crippen LogP) is 0.0534. The molecule has 10 heavy (non-hydrogen) atoms. The van der Waals surface area contributed by atoms with Crippen LogP contribution in [0.25, 0.3) is 0 Å². The SMILES string of the molecule is O=C1CCNC2=CCCN12. The lowest BCUT2D eigenvalue weighted by Gasteiger charge is -2.26. The second-order valence-corrected chi connectivity index (χ2v) is 2.60. The Bertz CT molecular complexity index is 198. The van der Waals surface area contributed by atoms with Crippen LogP contribution in [0.3, 0.4) is 0 Å². The van der Waals surface area contributed by atoms with Crippen LogP contribution in [0.2, 0.25) is 0 Å². The first-order chi connectivity index (χ1) is 4.88. The summed E-state index contributed by atoms with van der Waals surface area (Å²) in [5.74, 6) is 1.29. The lowest BCUT2D eigenvalue weighted by Crippen LogP contribution is -2.41. The molecule has 3 heteroatoms. The van der Waals surface area contributed by atoms with Crippen molar-refractivity contribution in [2.24, 2.45) is 0 Å². The number of amides is 1. The zero-order valence-corrected chi connectivity index (χ0v) is 5.76. The normalized spacial score (nSPS) is 23.8. The van der Waals surface area contributed by atoms with Gasteiger partial charge in [-0.2, -0.15) is 0 Å². The lowest BCUT2D eigenvalue weighted by atomic mass is 10.3. The molecule has 1 amide bonds. The molecular formula is C7H10N2O. The molecule has 2 heterocycles. The summed E-state index contributed by atoms with van der Waals surface area (Å²) >= 11 is 0. The van der Waals surface area contributed by atoms with E-state index < -0.39 is 0 Å². The molecule has 0 bridgehead atoms. The summed E-state index contributed by atoms with van der Waals surface area (Å²) in [6, 6.07) is 0. The van der Waals surface area contributed by atoms with Crippen molar-refractivity contribution in [1.82, 2.24) is 10.2 Å². The molecule has 0 aromatic heterocycles. The third-order valence-corrected chi connectivity index (χ3v) is 1.93. The molecule has 0 radical (unpaired) electrons. The van der Waals surface area contributed by atoms with E-state index in [-0.39, 0.29) is 5.91 Å². The van der Waals surface area contributed by atoms with Crippen LogP contribution in [0.15, 0.2) is 11.9 Å². The van der Waals surface area contributed by atoms with E-state index in [4.69, 9.17) is 0 Å². The van der Waals surface area contributed by atoms with Crippen molar-refractivity contribution in [1.29, 1.82) is 0 Å². The number of hydrogen-bond donors (Lipinski definition) is 1. The average molecular weight is 138 g/mol. The minimum Gasteiger partial charge on any atom is -0.371 e. The number of fused-ring (bicyclic) bond motifs is 1. The maximum absolute atomic E-state index is 11.1. The van der Waals surface area contributed by atoms with Crippen molar-refractivity contribution >= 4 is 5.91 Å². The van der Waals surface area contributed by atoms with Gasteiger partial charge in [-0.05, 0) is 12.5 Å². The monoisotopic (exact) mass is 138 g/mol. The van der Waals surface area contributed by atoms with Gasteiger partial charge in [0.2, 0.25) is 5.91 Å². The maximum atomic E-state index is 11.1. The van der Waals surface area contributed by atoms with Crippen LogP contribution >= 0.6 is 0 Å². The van der Waals surface area contributed by atoms with Gasteiger partial charge in [-0.15, -0.1) is 0 Å². The van der Waals surface area contributed by atoms with E-state index in [1.54, 1.807) is 0 Å². The molecular weight excluding hydrogens is 128 g/mol. The number of rotatable bonds is 0. The van der Waals surface area contributed by atoms with Crippen LogP contribution in [0.1, 0.15) is 12.8 Å². The number of hydrogen-bond acceptors (Lipinski definition) is 2. The summed E-state index contributed by atoms with van der Waals surface area (Å²) < 4.78 is 0. The highest BCUT2D eigenvalue weighted by atomic mass is 16.2. The van der Waals surface area contributed by atoms with Gasteiger partial charge in [0.25, 0.3) is 0 Å². The smallest absolute Gasteiger partial charge is 0.229 e. The van der Waals surface area contributed by atoms with Gasteiger partial charge < -0.3 is 5.32 Å². The van der Waals surface area contributed by atoms with Crippen molar-refractivity contribution in [2.75, 3.05) is 13.1 Å². The Kier molecular flexibility index (Phi) is 1.16. The molecule has 1 N–H and O–H groups in total. The van der Waals surface area contributed by atoms with E-state index in [2.05, 4.69) is 11.4 Å². The molecule has 2 aliphatic heterocycles. The first kappa shape index (κ1) is 5.77. The molecule has 0 aromatic carbocycles. The Balaban J connectivity index is 2.21. The summed E-state index contributed by atoms with van der Waals surface area (Å²) in [5, 5.41) is 3.18. The molecule has 3 nitrogen and oxygen atoms in total. The molecule has 0 aromatic rings. The fourth-order valence-electron chi connectivity index (χ4n) is 1.42. The van der Waals surface area contributed by atoms with Crippen molar-refractivity contribution in [2.45, 2.75) is 12.8 Å². The summed E-state index contributed by atoms with van der Waals surface area (Å²) in [6.07, 6.45) is 3.74. The largest absolute Gasteiger partial charge is 0.371 e. The van der Waals surface area contributed by atoms with Crippen molar-refractivity contribution < 1.29 is 4.79 Å². The zero-order valence-electron chi connectivity index (χ0n) is 5.76. The highest BCUT2D eigenvalue weighted by Crippen LogP contribution is 2.16. The Morgan fingerprint density at radius 1 is 1.60 bits per heavy atom. The van der Waals surface area contributed by atoms with E-state index in [0.717, 1.165) is 25.3 Å². The highest BCUT2D eigenvalue weighted by molar-refractivity contribution is 5.79. The van der Waals surface area contributed by atoms with Crippen molar-refractivity contribution in [3.63, 3.8) is 0 Å². The average Bonchev–Trinajstić information content (AvgIpc) is 2.36. The number of nitrogens with zero attached hydrogens (tertiary/aromatic N) is 1. The molecule has 2 rings (SSSR count). The van der Waals surface area contributed by atoms with Gasteiger partial charge in [-0.1, -0.05) is 0 Å². The molecule has 54 valence electrons. The summed E-state index contributed by atoms with van der Waals surface area (Å²) in [4.78, 5) is 12.9. The number of carbonyl (C=O) groups excluding carboxylic acids is 1. The Morgan fingerprint density at radius 3 is 3.30 bits per heavy atom. The minimum atomic E-state index is 0.266.